The molecule has 5 nitrogen and oxygen atoms in total. The van der Waals surface area contributed by atoms with Gasteiger partial charge in [-0.05, 0) is 36.1 Å². The minimum absolute atomic E-state index is 0.0514. The number of hydrogen-bond donors (Lipinski definition) is 1. The molecule has 0 atom stereocenters. The molecule has 0 heterocycles. The van der Waals surface area contributed by atoms with E-state index in [1.54, 1.807) is 0 Å². The van der Waals surface area contributed by atoms with E-state index in [4.69, 9.17) is 4.74 Å². The quantitative estimate of drug-likeness (QED) is 0.798. The Balaban J connectivity index is 2.44. The van der Waals surface area contributed by atoms with Gasteiger partial charge in [0.05, 0.1) is 0 Å². The highest BCUT2D eigenvalue weighted by Crippen LogP contribution is 2.23. The third-order valence-electron chi connectivity index (χ3n) is 2.88. The average molecular weight is 278 g/mol. The Labute approximate surface area is 118 Å². The number of benzene rings is 1. The number of carboxylic acids is 1. The number of carboxylic acid groups (broad SMARTS) is 1. The van der Waals surface area contributed by atoms with Crippen molar-refractivity contribution in [3.05, 3.63) is 29.3 Å². The van der Waals surface area contributed by atoms with Gasteiger partial charge in [0.15, 0.2) is 6.61 Å². The van der Waals surface area contributed by atoms with Gasteiger partial charge >= 0.3 is 0 Å². The van der Waals surface area contributed by atoms with Gasteiger partial charge in [0.1, 0.15) is 5.75 Å². The van der Waals surface area contributed by atoms with E-state index in [1.165, 1.54) is 5.56 Å². The van der Waals surface area contributed by atoms with Crippen LogP contribution in [0.25, 0.3) is 0 Å². The first-order valence-corrected chi connectivity index (χ1v) is 6.60. The normalized spacial score (nSPS) is 10.4. The summed E-state index contributed by atoms with van der Waals surface area (Å²) in [6.07, 6.45) is -0.200. The summed E-state index contributed by atoms with van der Waals surface area (Å²) in [7, 11) is 0. The second-order valence-corrected chi connectivity index (χ2v) is 4.93. The molecule has 110 valence electrons. The molecule has 0 fully saturated rings. The summed E-state index contributed by atoms with van der Waals surface area (Å²) in [6.45, 7) is 6.16. The van der Waals surface area contributed by atoms with Gasteiger partial charge in [-0.15, -0.1) is 0 Å². The van der Waals surface area contributed by atoms with Gasteiger partial charge < -0.3 is 20.0 Å². The molecule has 1 N–H and O–H groups in total. The van der Waals surface area contributed by atoms with Crippen molar-refractivity contribution in [1.82, 2.24) is 5.32 Å². The minimum Gasteiger partial charge on any atom is -0.550 e. The fourth-order valence-corrected chi connectivity index (χ4v) is 1.89. The number of carbonyl (C=O) groups is 2. The van der Waals surface area contributed by atoms with Crippen molar-refractivity contribution in [2.24, 2.45) is 0 Å². The average Bonchev–Trinajstić information content (AvgIpc) is 2.35. The van der Waals surface area contributed by atoms with Crippen LogP contribution < -0.4 is 15.2 Å². The van der Waals surface area contributed by atoms with Crippen LogP contribution in [-0.2, 0) is 9.59 Å². The van der Waals surface area contributed by atoms with E-state index in [-0.39, 0.29) is 25.5 Å². The van der Waals surface area contributed by atoms with Crippen molar-refractivity contribution in [1.29, 1.82) is 0 Å². The van der Waals surface area contributed by atoms with Crippen LogP contribution in [0.4, 0.5) is 0 Å². The maximum atomic E-state index is 11.4. The zero-order valence-electron chi connectivity index (χ0n) is 12.1. The van der Waals surface area contributed by atoms with Crippen LogP contribution in [0.3, 0.4) is 0 Å². The van der Waals surface area contributed by atoms with Crippen LogP contribution in [0, 0.1) is 6.92 Å². The lowest BCUT2D eigenvalue weighted by Crippen LogP contribution is -2.33. The van der Waals surface area contributed by atoms with E-state index < -0.39 is 5.97 Å². The number of aliphatic carboxylic acids is 1. The van der Waals surface area contributed by atoms with E-state index >= 15 is 0 Å². The molecule has 0 saturated heterocycles. The Bertz CT molecular complexity index is 483. The standard InChI is InChI=1S/C15H21NO4/c1-10(2)13-5-4-12(8-11(13)3)20-9-14(17)16-7-6-15(18)19/h4-5,8,10H,6-7,9H2,1-3H3,(H,16,17)(H,18,19)/p-1. The van der Waals surface area contributed by atoms with Crippen LogP contribution in [0.5, 0.6) is 5.75 Å². The van der Waals surface area contributed by atoms with Crippen molar-refractivity contribution in [2.75, 3.05) is 13.2 Å². The van der Waals surface area contributed by atoms with Crippen molar-refractivity contribution in [3.8, 4) is 5.75 Å². The zero-order chi connectivity index (χ0) is 15.1. The molecule has 0 radical (unpaired) electrons. The maximum Gasteiger partial charge on any atom is 0.257 e. The van der Waals surface area contributed by atoms with E-state index in [0.717, 1.165) is 5.56 Å². The second kappa shape index (κ2) is 7.53. The third-order valence-corrected chi connectivity index (χ3v) is 2.88. The molecule has 0 aromatic heterocycles. The molecule has 1 aromatic carbocycles. The Hall–Kier alpha value is -2.04. The first kappa shape index (κ1) is 16.0. The lowest BCUT2D eigenvalue weighted by Gasteiger charge is -2.12. The van der Waals surface area contributed by atoms with Crippen molar-refractivity contribution in [3.63, 3.8) is 0 Å². The van der Waals surface area contributed by atoms with E-state index in [9.17, 15) is 14.7 Å². The summed E-state index contributed by atoms with van der Waals surface area (Å²) in [4.78, 5) is 21.6. The highest BCUT2D eigenvalue weighted by atomic mass is 16.5. The summed E-state index contributed by atoms with van der Waals surface area (Å²) >= 11 is 0. The molecule has 1 rings (SSSR count). The smallest absolute Gasteiger partial charge is 0.257 e. The number of amides is 1. The predicted octanol–water partition coefficient (Wildman–Crippen LogP) is 0.753. The van der Waals surface area contributed by atoms with Crippen molar-refractivity contribution in [2.45, 2.75) is 33.1 Å². The largest absolute Gasteiger partial charge is 0.550 e. The first-order valence-electron chi connectivity index (χ1n) is 6.60. The molecule has 20 heavy (non-hydrogen) atoms. The van der Waals surface area contributed by atoms with Crippen LogP contribution in [0.1, 0.15) is 37.3 Å². The van der Waals surface area contributed by atoms with Crippen LogP contribution in [0.2, 0.25) is 0 Å². The van der Waals surface area contributed by atoms with Gasteiger partial charge in [0, 0.05) is 18.9 Å². The third kappa shape index (κ3) is 5.30. The Morgan fingerprint density at radius 3 is 2.60 bits per heavy atom. The fourth-order valence-electron chi connectivity index (χ4n) is 1.89. The molecule has 0 saturated carbocycles. The first-order chi connectivity index (χ1) is 9.40. The van der Waals surface area contributed by atoms with Crippen LogP contribution in [-0.4, -0.2) is 25.0 Å². The summed E-state index contributed by atoms with van der Waals surface area (Å²) in [6, 6.07) is 5.71. The Morgan fingerprint density at radius 1 is 1.35 bits per heavy atom. The minimum atomic E-state index is -1.19. The molecule has 0 aliphatic heterocycles. The maximum absolute atomic E-state index is 11.4. The Kier molecular flexibility index (Phi) is 6.03. The molecule has 0 unspecified atom stereocenters. The highest BCUT2D eigenvalue weighted by Gasteiger charge is 2.06. The summed E-state index contributed by atoms with van der Waals surface area (Å²) < 4.78 is 5.37. The van der Waals surface area contributed by atoms with Crippen LogP contribution >= 0.6 is 0 Å². The highest BCUT2D eigenvalue weighted by molar-refractivity contribution is 5.78. The topological polar surface area (TPSA) is 78.5 Å². The van der Waals surface area contributed by atoms with Crippen molar-refractivity contribution >= 4 is 11.9 Å². The molecular weight excluding hydrogens is 258 g/mol. The lowest BCUT2D eigenvalue weighted by atomic mass is 9.98. The van der Waals surface area contributed by atoms with Gasteiger partial charge in [-0.3, -0.25) is 4.79 Å². The van der Waals surface area contributed by atoms with Crippen LogP contribution in [0.15, 0.2) is 18.2 Å². The lowest BCUT2D eigenvalue weighted by molar-refractivity contribution is -0.305. The summed E-state index contributed by atoms with van der Waals surface area (Å²) in [5, 5.41) is 12.6. The fraction of sp³-hybridized carbons (Fsp3) is 0.467. The van der Waals surface area contributed by atoms with Gasteiger partial charge in [-0.1, -0.05) is 19.9 Å². The summed E-state index contributed by atoms with van der Waals surface area (Å²) in [5.41, 5.74) is 2.37. The number of nitrogens with one attached hydrogen (secondary N) is 1. The van der Waals surface area contributed by atoms with Gasteiger partial charge in [-0.2, -0.15) is 0 Å². The number of aryl methyl sites for hydroxylation is 1. The van der Waals surface area contributed by atoms with Gasteiger partial charge in [-0.25, -0.2) is 0 Å². The van der Waals surface area contributed by atoms with E-state index in [0.29, 0.717) is 11.7 Å². The zero-order valence-corrected chi connectivity index (χ0v) is 12.1. The number of rotatable bonds is 7. The molecule has 0 bridgehead atoms. The van der Waals surface area contributed by atoms with E-state index in [2.05, 4.69) is 19.2 Å². The molecule has 5 heteroatoms. The molecule has 1 amide bonds. The SMILES string of the molecule is Cc1cc(OCC(=O)NCCC(=O)[O-])ccc1C(C)C. The van der Waals surface area contributed by atoms with E-state index in [1.807, 2.05) is 25.1 Å². The molecule has 0 aliphatic carbocycles. The molecular formula is C15H20NO4-. The molecule has 0 aliphatic rings. The molecule has 0 spiro atoms. The number of hydrogen-bond acceptors (Lipinski definition) is 4. The van der Waals surface area contributed by atoms with Gasteiger partial charge in [0.2, 0.25) is 0 Å². The predicted molar refractivity (Wildman–Crippen MR) is 73.4 cm³/mol. The number of ether oxygens (including phenoxy) is 1. The molecule has 1 aromatic rings. The van der Waals surface area contributed by atoms with Gasteiger partial charge in [0.25, 0.3) is 5.91 Å². The Morgan fingerprint density at radius 2 is 2.05 bits per heavy atom. The summed E-state index contributed by atoms with van der Waals surface area (Å²) in [5.74, 6) is -0.470. The van der Waals surface area contributed by atoms with Crippen molar-refractivity contribution < 1.29 is 19.4 Å². The number of carbonyl (C=O) groups excluding carboxylic acids is 2. The monoisotopic (exact) mass is 278 g/mol. The second-order valence-electron chi connectivity index (χ2n) is 4.93.